The number of hydrogen-bond donors (Lipinski definition) is 1. The molecule has 4 nitrogen and oxygen atoms in total. The molecule has 1 fully saturated rings. The quantitative estimate of drug-likeness (QED) is 0.646. The maximum atomic E-state index is 13.7. The van der Waals surface area contributed by atoms with E-state index in [4.69, 9.17) is 0 Å². The Labute approximate surface area is 163 Å². The number of piperidine rings is 1. The molecule has 1 amide bonds. The number of benzene rings is 1. The Bertz CT molecular complexity index is 817. The molecule has 0 radical (unpaired) electrons. The fourth-order valence-electron chi connectivity index (χ4n) is 3.75. The van der Waals surface area contributed by atoms with Crippen LogP contribution in [-0.2, 0) is 11.0 Å². The van der Waals surface area contributed by atoms with E-state index in [1.807, 2.05) is 0 Å². The molecule has 0 spiro atoms. The first-order valence-electron chi connectivity index (χ1n) is 8.62. The first kappa shape index (κ1) is 22.5. The normalized spacial score (nSPS) is 25.0. The lowest BCUT2D eigenvalue weighted by atomic mass is 9.80. The topological polar surface area (TPSA) is 49.8 Å². The van der Waals surface area contributed by atoms with Crippen molar-refractivity contribution in [3.63, 3.8) is 0 Å². The number of alkyl halides is 9. The van der Waals surface area contributed by atoms with Crippen molar-refractivity contribution in [3.8, 4) is 5.75 Å². The maximum Gasteiger partial charge on any atom is 0.440 e. The highest BCUT2D eigenvalue weighted by molar-refractivity contribution is 5.77. The number of likely N-dealkylation sites (tertiary alicyclic amines) is 1. The molecule has 1 N–H and O–H groups in total. The van der Waals surface area contributed by atoms with Crippen molar-refractivity contribution in [2.45, 2.75) is 55.5 Å². The van der Waals surface area contributed by atoms with Gasteiger partial charge in [0.15, 0.2) is 0 Å². The summed E-state index contributed by atoms with van der Waals surface area (Å²) in [6, 6.07) is -1.45. The minimum atomic E-state index is -6.19. The summed E-state index contributed by atoms with van der Waals surface area (Å²) in [5.41, 5.74) is -7.29. The molecule has 2 aliphatic rings. The van der Waals surface area contributed by atoms with Gasteiger partial charge in [-0.2, -0.15) is 39.5 Å². The SMILES string of the molecule is O=C1CCCCN1[C@@H]1c2cc(C(F)(F)F)ccc2OC(C(F)(F)F)(C(F)(F)F)[C@H]1O. The van der Waals surface area contributed by atoms with E-state index >= 15 is 0 Å². The summed E-state index contributed by atoms with van der Waals surface area (Å²) in [6.07, 6.45) is -20.6. The zero-order valence-electron chi connectivity index (χ0n) is 14.8. The van der Waals surface area contributed by atoms with Gasteiger partial charge in [0.25, 0.3) is 0 Å². The molecule has 0 bridgehead atoms. The summed E-state index contributed by atoms with van der Waals surface area (Å²) in [7, 11) is 0. The third kappa shape index (κ3) is 3.36. The Kier molecular flexibility index (Phi) is 5.19. The minimum Gasteiger partial charge on any atom is -0.466 e. The Morgan fingerprint density at radius 2 is 1.60 bits per heavy atom. The van der Waals surface area contributed by atoms with Crippen LogP contribution in [0, 0.1) is 0 Å². The van der Waals surface area contributed by atoms with Gasteiger partial charge in [-0.1, -0.05) is 0 Å². The van der Waals surface area contributed by atoms with Crippen molar-refractivity contribution in [1.82, 2.24) is 4.90 Å². The number of rotatable bonds is 1. The van der Waals surface area contributed by atoms with E-state index in [1.54, 1.807) is 0 Å². The van der Waals surface area contributed by atoms with Gasteiger partial charge in [-0.3, -0.25) is 4.79 Å². The monoisotopic (exact) mass is 451 g/mol. The van der Waals surface area contributed by atoms with Gasteiger partial charge in [-0.05, 0) is 31.0 Å². The Morgan fingerprint density at radius 1 is 1.00 bits per heavy atom. The number of carbonyl (C=O) groups is 1. The molecular weight excluding hydrogens is 437 g/mol. The van der Waals surface area contributed by atoms with Crippen LogP contribution in [0.2, 0.25) is 0 Å². The molecule has 2 aliphatic heterocycles. The van der Waals surface area contributed by atoms with Gasteiger partial charge in [-0.15, -0.1) is 0 Å². The molecule has 0 saturated carbocycles. The molecule has 168 valence electrons. The van der Waals surface area contributed by atoms with Crippen LogP contribution in [0.25, 0.3) is 0 Å². The van der Waals surface area contributed by atoms with Crippen molar-refractivity contribution >= 4 is 5.91 Å². The molecule has 2 heterocycles. The van der Waals surface area contributed by atoms with Gasteiger partial charge in [0, 0.05) is 18.5 Å². The number of hydrogen-bond acceptors (Lipinski definition) is 3. The second-order valence-corrected chi connectivity index (χ2v) is 7.02. The van der Waals surface area contributed by atoms with Gasteiger partial charge in [0.2, 0.25) is 5.91 Å². The highest BCUT2D eigenvalue weighted by Gasteiger charge is 2.80. The molecule has 2 atom stereocenters. The third-order valence-corrected chi connectivity index (χ3v) is 5.18. The van der Waals surface area contributed by atoms with Crippen LogP contribution in [0.5, 0.6) is 5.75 Å². The van der Waals surface area contributed by atoms with Crippen LogP contribution in [0.3, 0.4) is 0 Å². The highest BCUT2D eigenvalue weighted by atomic mass is 19.4. The number of amides is 1. The van der Waals surface area contributed by atoms with Crippen molar-refractivity contribution < 1.29 is 54.2 Å². The van der Waals surface area contributed by atoms with Crippen LogP contribution in [0.15, 0.2) is 18.2 Å². The zero-order chi connectivity index (χ0) is 22.7. The molecule has 13 heteroatoms. The van der Waals surface area contributed by atoms with Gasteiger partial charge >= 0.3 is 24.1 Å². The van der Waals surface area contributed by atoms with E-state index < -0.39 is 59.1 Å². The van der Waals surface area contributed by atoms with E-state index in [1.165, 1.54) is 0 Å². The Balaban J connectivity index is 2.28. The fraction of sp³-hybridized carbons (Fsp3) is 0.588. The summed E-state index contributed by atoms with van der Waals surface area (Å²) < 4.78 is 125. The maximum absolute atomic E-state index is 13.7. The molecule has 0 aromatic heterocycles. The van der Waals surface area contributed by atoms with Gasteiger partial charge in [0.1, 0.15) is 11.9 Å². The standard InChI is InChI=1S/C17H14F9NO3/c18-15(19,20)8-4-5-10-9(7-8)12(27-6-2-1-3-11(27)28)13(29)14(30-10,16(21,22)23)17(24,25)26/h4-5,7,12-13,29H,1-3,6H2/t12-,13+/m1/s1. The second kappa shape index (κ2) is 6.92. The predicted octanol–water partition coefficient (Wildman–Crippen LogP) is 4.38. The third-order valence-electron chi connectivity index (χ3n) is 5.18. The lowest BCUT2D eigenvalue weighted by molar-refractivity contribution is -0.389. The number of carbonyl (C=O) groups excluding carboxylic acids is 1. The minimum absolute atomic E-state index is 0.190. The molecule has 1 aromatic carbocycles. The molecule has 0 aliphatic carbocycles. The summed E-state index contributed by atoms with van der Waals surface area (Å²) >= 11 is 0. The number of halogens is 9. The fourth-order valence-corrected chi connectivity index (χ4v) is 3.75. The lowest BCUT2D eigenvalue weighted by Crippen LogP contribution is -2.72. The lowest BCUT2D eigenvalue weighted by Gasteiger charge is -2.50. The van der Waals surface area contributed by atoms with Crippen LogP contribution in [0.1, 0.15) is 36.4 Å². The summed E-state index contributed by atoms with van der Waals surface area (Å²) in [5.74, 6) is -2.03. The number of aliphatic hydroxyl groups excluding tert-OH is 1. The predicted molar refractivity (Wildman–Crippen MR) is 81.2 cm³/mol. The van der Waals surface area contributed by atoms with Gasteiger partial charge in [0.05, 0.1) is 11.6 Å². The van der Waals surface area contributed by atoms with Crippen molar-refractivity contribution in [1.29, 1.82) is 0 Å². The van der Waals surface area contributed by atoms with Crippen LogP contribution >= 0.6 is 0 Å². The first-order chi connectivity index (χ1) is 13.6. The second-order valence-electron chi connectivity index (χ2n) is 7.02. The largest absolute Gasteiger partial charge is 0.466 e. The first-order valence-corrected chi connectivity index (χ1v) is 8.62. The summed E-state index contributed by atoms with van der Waals surface area (Å²) in [4.78, 5) is 12.8. The average molecular weight is 451 g/mol. The van der Waals surface area contributed by atoms with Crippen LogP contribution in [0.4, 0.5) is 39.5 Å². The smallest absolute Gasteiger partial charge is 0.440 e. The summed E-state index contributed by atoms with van der Waals surface area (Å²) in [6.45, 7) is -0.331. The van der Waals surface area contributed by atoms with Crippen LogP contribution < -0.4 is 4.74 Å². The van der Waals surface area contributed by atoms with E-state index in [0.717, 1.165) is 0 Å². The van der Waals surface area contributed by atoms with E-state index in [2.05, 4.69) is 4.74 Å². The molecule has 3 rings (SSSR count). The van der Waals surface area contributed by atoms with E-state index in [-0.39, 0.29) is 25.5 Å². The van der Waals surface area contributed by atoms with Crippen molar-refractivity contribution in [3.05, 3.63) is 29.3 Å². The van der Waals surface area contributed by atoms with Crippen LogP contribution in [-0.4, -0.2) is 46.5 Å². The van der Waals surface area contributed by atoms with E-state index in [9.17, 15) is 49.4 Å². The number of fused-ring (bicyclic) bond motifs is 1. The number of ether oxygens (including phenoxy) is 1. The number of nitrogens with zero attached hydrogens (tertiary/aromatic N) is 1. The molecule has 1 saturated heterocycles. The highest BCUT2D eigenvalue weighted by Crippen LogP contribution is 2.56. The summed E-state index contributed by atoms with van der Waals surface area (Å²) in [5, 5.41) is 10.3. The Hall–Kier alpha value is -2.18. The average Bonchev–Trinajstić information content (AvgIpc) is 2.59. The molecule has 1 aromatic rings. The molecule has 30 heavy (non-hydrogen) atoms. The van der Waals surface area contributed by atoms with E-state index in [0.29, 0.717) is 23.5 Å². The Morgan fingerprint density at radius 3 is 2.10 bits per heavy atom. The molecular formula is C17H14F9NO3. The van der Waals surface area contributed by atoms with Crippen molar-refractivity contribution in [2.24, 2.45) is 0 Å². The van der Waals surface area contributed by atoms with Gasteiger partial charge in [-0.25, -0.2) is 0 Å². The zero-order valence-corrected chi connectivity index (χ0v) is 14.8. The number of aliphatic hydroxyl groups is 1. The van der Waals surface area contributed by atoms with Gasteiger partial charge < -0.3 is 14.7 Å². The molecule has 0 unspecified atom stereocenters. The van der Waals surface area contributed by atoms with Crippen molar-refractivity contribution in [2.75, 3.05) is 6.54 Å².